The van der Waals surface area contributed by atoms with Gasteiger partial charge in [-0.3, -0.25) is 0 Å². The van der Waals surface area contributed by atoms with E-state index in [4.69, 9.17) is 0 Å². The van der Waals surface area contributed by atoms with E-state index in [1.807, 2.05) is 4.57 Å². The Kier molecular flexibility index (Phi) is 3.17. The van der Waals surface area contributed by atoms with Gasteiger partial charge in [0.15, 0.2) is 0 Å². The summed E-state index contributed by atoms with van der Waals surface area (Å²) >= 11 is 0. The molecule has 21 heavy (non-hydrogen) atoms. The quantitative estimate of drug-likeness (QED) is 0.806. The lowest BCUT2D eigenvalue weighted by Crippen LogP contribution is -2.37. The molecule has 5 nitrogen and oxygen atoms in total. The molecular formula is C15H22N2O3S. The molecule has 0 unspecified atom stereocenters. The van der Waals surface area contributed by atoms with Crippen LogP contribution in [0.3, 0.4) is 0 Å². The van der Waals surface area contributed by atoms with Crippen molar-refractivity contribution in [2.24, 2.45) is 11.8 Å². The summed E-state index contributed by atoms with van der Waals surface area (Å²) in [6, 6.07) is 2.12. The van der Waals surface area contributed by atoms with E-state index in [9.17, 15) is 13.5 Å². The van der Waals surface area contributed by atoms with E-state index < -0.39 is 10.0 Å². The van der Waals surface area contributed by atoms with Gasteiger partial charge in [-0.25, -0.2) is 13.1 Å². The van der Waals surface area contributed by atoms with Crippen molar-refractivity contribution >= 4 is 10.0 Å². The highest BCUT2D eigenvalue weighted by molar-refractivity contribution is 7.89. The zero-order valence-corrected chi connectivity index (χ0v) is 12.8. The summed E-state index contributed by atoms with van der Waals surface area (Å²) in [5.41, 5.74) is 0.701. The molecule has 0 spiro atoms. The summed E-state index contributed by atoms with van der Waals surface area (Å²) < 4.78 is 30.1. The molecule has 1 aromatic heterocycles. The van der Waals surface area contributed by atoms with E-state index >= 15 is 0 Å². The molecule has 0 aromatic carbocycles. The molecule has 4 rings (SSSR count). The van der Waals surface area contributed by atoms with Gasteiger partial charge in [0.2, 0.25) is 10.0 Å². The first-order valence-electron chi connectivity index (χ1n) is 7.92. The molecule has 3 fully saturated rings. The maximum Gasteiger partial charge on any atom is 0.242 e. The third-order valence-corrected chi connectivity index (χ3v) is 6.30. The van der Waals surface area contributed by atoms with Crippen LogP contribution in [-0.4, -0.2) is 24.1 Å². The lowest BCUT2D eigenvalue weighted by atomic mass is 10.1. The van der Waals surface area contributed by atoms with Crippen molar-refractivity contribution < 1.29 is 13.5 Å². The molecule has 3 saturated carbocycles. The van der Waals surface area contributed by atoms with E-state index in [0.717, 1.165) is 38.5 Å². The largest absolute Gasteiger partial charge is 0.390 e. The maximum atomic E-state index is 12.6. The van der Waals surface area contributed by atoms with Crippen molar-refractivity contribution in [3.05, 3.63) is 18.0 Å². The minimum absolute atomic E-state index is 0.110. The second-order valence-corrected chi connectivity index (χ2v) is 8.50. The van der Waals surface area contributed by atoms with E-state index in [1.165, 1.54) is 0 Å². The van der Waals surface area contributed by atoms with Gasteiger partial charge in [0.25, 0.3) is 0 Å². The number of hydrogen-bond acceptors (Lipinski definition) is 3. The number of aliphatic hydroxyl groups is 1. The fraction of sp³-hybridized carbons (Fsp3) is 0.733. The smallest absolute Gasteiger partial charge is 0.242 e. The fourth-order valence-electron chi connectivity index (χ4n) is 3.20. The van der Waals surface area contributed by atoms with Gasteiger partial charge in [-0.15, -0.1) is 0 Å². The number of aliphatic hydroxyl groups excluding tert-OH is 1. The Labute approximate surface area is 125 Å². The summed E-state index contributed by atoms with van der Waals surface area (Å²) in [7, 11) is -3.47. The first-order valence-corrected chi connectivity index (χ1v) is 9.41. The Hall–Kier alpha value is -0.850. The van der Waals surface area contributed by atoms with Crippen molar-refractivity contribution in [3.8, 4) is 0 Å². The zero-order chi connectivity index (χ0) is 14.6. The molecule has 0 bridgehead atoms. The lowest BCUT2D eigenvalue weighted by molar-refractivity contribution is 0.270. The Bertz CT molecular complexity index is 628. The number of rotatable bonds is 7. The Morgan fingerprint density at radius 1 is 1.19 bits per heavy atom. The third kappa shape index (κ3) is 2.76. The van der Waals surface area contributed by atoms with Crippen LogP contribution in [0.25, 0.3) is 0 Å². The van der Waals surface area contributed by atoms with Crippen molar-refractivity contribution in [2.45, 2.75) is 62.1 Å². The number of nitrogens with zero attached hydrogens (tertiary/aromatic N) is 1. The summed E-state index contributed by atoms with van der Waals surface area (Å²) in [6.45, 7) is -0.110. The molecule has 0 saturated heterocycles. The number of aromatic nitrogens is 1. The molecule has 0 amide bonds. The van der Waals surface area contributed by atoms with Crippen molar-refractivity contribution in [1.82, 2.24) is 9.29 Å². The van der Waals surface area contributed by atoms with Crippen LogP contribution >= 0.6 is 0 Å². The molecular weight excluding hydrogens is 288 g/mol. The predicted octanol–water partition coefficient (Wildman–Crippen LogP) is 1.78. The third-order valence-electron chi connectivity index (χ3n) is 4.87. The monoisotopic (exact) mass is 310 g/mol. The minimum atomic E-state index is -3.47. The SMILES string of the molecule is O=S(=O)(NC(C1CC1)C1CC1)c1cc(CO)n(C2CC2)c1. The zero-order valence-electron chi connectivity index (χ0n) is 12.0. The average molecular weight is 310 g/mol. The van der Waals surface area contributed by atoms with Gasteiger partial charge in [-0.2, -0.15) is 0 Å². The highest BCUT2D eigenvalue weighted by Gasteiger charge is 2.43. The normalized spacial score (nSPS) is 23.0. The topological polar surface area (TPSA) is 71.3 Å². The summed E-state index contributed by atoms with van der Waals surface area (Å²) in [5.74, 6) is 1.07. The molecule has 0 atom stereocenters. The van der Waals surface area contributed by atoms with Gasteiger partial charge < -0.3 is 9.67 Å². The standard InChI is InChI=1S/C15H22N2O3S/c18-9-13-7-14(8-17(13)12-5-6-12)21(19,20)16-15(10-1-2-10)11-3-4-11/h7-8,10-12,15-16,18H,1-6,9H2. The van der Waals surface area contributed by atoms with Gasteiger partial charge in [0, 0.05) is 24.0 Å². The lowest BCUT2D eigenvalue weighted by Gasteiger charge is -2.17. The molecule has 3 aliphatic rings. The highest BCUT2D eigenvalue weighted by Crippen LogP contribution is 2.45. The second kappa shape index (κ2) is 4.83. The maximum absolute atomic E-state index is 12.6. The predicted molar refractivity (Wildman–Crippen MR) is 78.2 cm³/mol. The van der Waals surface area contributed by atoms with Crippen LogP contribution in [0.4, 0.5) is 0 Å². The summed E-state index contributed by atoms with van der Waals surface area (Å²) in [5, 5.41) is 9.42. The Morgan fingerprint density at radius 2 is 1.81 bits per heavy atom. The van der Waals surface area contributed by atoms with Gasteiger partial charge in [-0.1, -0.05) is 0 Å². The van der Waals surface area contributed by atoms with Crippen LogP contribution < -0.4 is 4.72 Å². The van der Waals surface area contributed by atoms with Crippen molar-refractivity contribution in [2.75, 3.05) is 0 Å². The fourth-order valence-corrected chi connectivity index (χ4v) is 4.62. The Morgan fingerprint density at radius 3 is 2.29 bits per heavy atom. The Balaban J connectivity index is 1.58. The van der Waals surface area contributed by atoms with Crippen molar-refractivity contribution in [1.29, 1.82) is 0 Å². The van der Waals surface area contributed by atoms with E-state index in [2.05, 4.69) is 4.72 Å². The molecule has 0 aliphatic heterocycles. The summed E-state index contributed by atoms with van der Waals surface area (Å²) in [4.78, 5) is 0.310. The van der Waals surface area contributed by atoms with Gasteiger partial charge in [0.1, 0.15) is 0 Å². The number of hydrogen-bond donors (Lipinski definition) is 2. The second-order valence-electron chi connectivity index (χ2n) is 6.79. The first-order chi connectivity index (χ1) is 10.1. The van der Waals surface area contributed by atoms with Crippen LogP contribution in [-0.2, 0) is 16.6 Å². The highest BCUT2D eigenvalue weighted by atomic mass is 32.2. The summed E-state index contributed by atoms with van der Waals surface area (Å²) in [6.07, 6.45) is 8.43. The number of sulfonamides is 1. The van der Waals surface area contributed by atoms with Crippen LogP contribution in [0.15, 0.2) is 17.2 Å². The molecule has 6 heteroatoms. The molecule has 116 valence electrons. The molecule has 1 heterocycles. The first kappa shape index (κ1) is 13.8. The van der Waals surface area contributed by atoms with Crippen molar-refractivity contribution in [3.63, 3.8) is 0 Å². The average Bonchev–Trinajstić information content (AvgIpc) is 3.32. The number of nitrogens with one attached hydrogen (secondary N) is 1. The van der Waals surface area contributed by atoms with Gasteiger partial charge in [0.05, 0.1) is 11.5 Å². The molecule has 0 radical (unpaired) electrons. The van der Waals surface area contributed by atoms with E-state index in [0.29, 0.717) is 28.5 Å². The van der Waals surface area contributed by atoms with Gasteiger partial charge in [-0.05, 0) is 56.4 Å². The van der Waals surface area contributed by atoms with Crippen LogP contribution in [0.5, 0.6) is 0 Å². The van der Waals surface area contributed by atoms with E-state index in [1.54, 1.807) is 12.3 Å². The molecule has 3 aliphatic carbocycles. The minimum Gasteiger partial charge on any atom is -0.390 e. The van der Waals surface area contributed by atoms with Crippen LogP contribution in [0.1, 0.15) is 50.3 Å². The van der Waals surface area contributed by atoms with Crippen LogP contribution in [0.2, 0.25) is 0 Å². The van der Waals surface area contributed by atoms with Crippen LogP contribution in [0, 0.1) is 11.8 Å². The van der Waals surface area contributed by atoms with Gasteiger partial charge >= 0.3 is 0 Å². The molecule has 2 N–H and O–H groups in total. The molecule has 1 aromatic rings. The van der Waals surface area contributed by atoms with E-state index in [-0.39, 0.29) is 12.6 Å².